The standard InChI is InChI=1S/C30H41FO/c1-4-5-23-8-12-24(13-9-23)27-15-18-28(32-20-27)17-14-26-16-19-29(22(3)30(26)31)25-10-6-21(2)7-11-25/h6-7,10-11,16,19,23-24,27-28H,4-5,8-9,12-15,17-18,20H2,1-3H3. The number of hydrogen-bond acceptors (Lipinski definition) is 1. The van der Waals surface area contributed by atoms with Gasteiger partial charge >= 0.3 is 0 Å². The molecule has 1 aliphatic heterocycles. The highest BCUT2D eigenvalue weighted by molar-refractivity contribution is 5.68. The highest BCUT2D eigenvalue weighted by atomic mass is 19.1. The summed E-state index contributed by atoms with van der Waals surface area (Å²) in [6.45, 7) is 7.22. The van der Waals surface area contributed by atoms with E-state index in [1.54, 1.807) is 0 Å². The number of halogens is 1. The molecule has 32 heavy (non-hydrogen) atoms. The van der Waals surface area contributed by atoms with Crippen LogP contribution in [0, 0.1) is 37.4 Å². The van der Waals surface area contributed by atoms with Crippen molar-refractivity contribution in [1.29, 1.82) is 0 Å². The van der Waals surface area contributed by atoms with Crippen LogP contribution in [0.4, 0.5) is 4.39 Å². The van der Waals surface area contributed by atoms with Gasteiger partial charge in [-0.15, -0.1) is 0 Å². The molecule has 1 saturated heterocycles. The number of aryl methyl sites for hydroxylation is 2. The third kappa shape index (κ3) is 5.63. The van der Waals surface area contributed by atoms with Gasteiger partial charge in [0.2, 0.25) is 0 Å². The molecule has 0 aromatic heterocycles. The van der Waals surface area contributed by atoms with Crippen molar-refractivity contribution < 1.29 is 9.13 Å². The Morgan fingerprint density at radius 3 is 2.22 bits per heavy atom. The Bertz CT molecular complexity index is 855. The summed E-state index contributed by atoms with van der Waals surface area (Å²) in [7, 11) is 0. The fourth-order valence-corrected chi connectivity index (χ4v) is 6.08. The van der Waals surface area contributed by atoms with E-state index in [-0.39, 0.29) is 5.82 Å². The monoisotopic (exact) mass is 436 g/mol. The minimum absolute atomic E-state index is 0.0411. The van der Waals surface area contributed by atoms with Crippen molar-refractivity contribution >= 4 is 0 Å². The second-order valence-corrected chi connectivity index (χ2v) is 10.5. The van der Waals surface area contributed by atoms with Crippen LogP contribution in [0.15, 0.2) is 36.4 Å². The number of rotatable bonds is 7. The van der Waals surface area contributed by atoms with E-state index < -0.39 is 0 Å². The van der Waals surface area contributed by atoms with Crippen LogP contribution >= 0.6 is 0 Å². The van der Waals surface area contributed by atoms with Gasteiger partial charge in [-0.3, -0.25) is 0 Å². The zero-order chi connectivity index (χ0) is 22.5. The van der Waals surface area contributed by atoms with Crippen molar-refractivity contribution in [3.05, 3.63) is 58.9 Å². The van der Waals surface area contributed by atoms with Crippen LogP contribution in [-0.2, 0) is 11.2 Å². The van der Waals surface area contributed by atoms with Crippen LogP contribution in [0.25, 0.3) is 11.1 Å². The summed E-state index contributed by atoms with van der Waals surface area (Å²) in [5, 5.41) is 0. The number of hydrogen-bond donors (Lipinski definition) is 0. The van der Waals surface area contributed by atoms with E-state index in [2.05, 4.69) is 44.2 Å². The van der Waals surface area contributed by atoms with E-state index in [0.717, 1.165) is 65.9 Å². The van der Waals surface area contributed by atoms with Crippen LogP contribution < -0.4 is 0 Å². The molecule has 1 aliphatic carbocycles. The SMILES string of the molecule is CCCC1CCC(C2CCC(CCc3ccc(-c4ccc(C)cc4)c(C)c3F)OC2)CC1. The molecule has 0 N–H and O–H groups in total. The Balaban J connectivity index is 1.27. The van der Waals surface area contributed by atoms with Crippen molar-refractivity contribution in [1.82, 2.24) is 0 Å². The van der Waals surface area contributed by atoms with Crippen LogP contribution in [0.2, 0.25) is 0 Å². The molecule has 0 amide bonds. The first-order valence-electron chi connectivity index (χ1n) is 13.0. The van der Waals surface area contributed by atoms with Crippen LogP contribution in [0.1, 0.15) is 81.4 Å². The fourth-order valence-electron chi connectivity index (χ4n) is 6.08. The molecule has 2 unspecified atom stereocenters. The van der Waals surface area contributed by atoms with E-state index >= 15 is 4.39 Å². The van der Waals surface area contributed by atoms with Gasteiger partial charge < -0.3 is 4.74 Å². The lowest BCUT2D eigenvalue weighted by molar-refractivity contribution is -0.0418. The molecule has 1 heterocycles. The molecule has 2 aromatic rings. The van der Waals surface area contributed by atoms with Gasteiger partial charge in [-0.05, 0) is 92.4 Å². The average molecular weight is 437 g/mol. The van der Waals surface area contributed by atoms with Gasteiger partial charge in [0.05, 0.1) is 12.7 Å². The number of ether oxygens (including phenoxy) is 1. The molecule has 174 valence electrons. The Labute approximate surface area is 194 Å². The van der Waals surface area contributed by atoms with Gasteiger partial charge in [0.15, 0.2) is 0 Å². The predicted octanol–water partition coefficient (Wildman–Crippen LogP) is 8.44. The molecule has 2 aromatic carbocycles. The lowest BCUT2D eigenvalue weighted by atomic mass is 9.73. The van der Waals surface area contributed by atoms with Crippen molar-refractivity contribution in [2.75, 3.05) is 6.61 Å². The molecular weight excluding hydrogens is 395 g/mol. The molecule has 2 atom stereocenters. The normalized spacial score (nSPS) is 26.2. The molecule has 0 radical (unpaired) electrons. The molecule has 0 bridgehead atoms. The largest absolute Gasteiger partial charge is 0.378 e. The maximum atomic E-state index is 15.1. The van der Waals surface area contributed by atoms with Gasteiger partial charge in [0.1, 0.15) is 5.82 Å². The second kappa shape index (κ2) is 11.0. The Hall–Kier alpha value is -1.67. The third-order valence-electron chi connectivity index (χ3n) is 8.23. The van der Waals surface area contributed by atoms with Gasteiger partial charge in [-0.2, -0.15) is 0 Å². The Morgan fingerprint density at radius 2 is 1.56 bits per heavy atom. The fraction of sp³-hybridized carbons (Fsp3) is 0.600. The smallest absolute Gasteiger partial charge is 0.129 e. The summed E-state index contributed by atoms with van der Waals surface area (Å²) in [5.74, 6) is 2.56. The lowest BCUT2D eigenvalue weighted by Gasteiger charge is -2.38. The van der Waals surface area contributed by atoms with E-state index in [1.807, 2.05) is 13.0 Å². The zero-order valence-corrected chi connectivity index (χ0v) is 20.3. The van der Waals surface area contributed by atoms with E-state index in [9.17, 15) is 0 Å². The van der Waals surface area contributed by atoms with Gasteiger partial charge in [-0.1, -0.05) is 74.6 Å². The summed E-state index contributed by atoms with van der Waals surface area (Å²) in [6, 6.07) is 12.4. The third-order valence-corrected chi connectivity index (χ3v) is 8.23. The number of benzene rings is 2. The Morgan fingerprint density at radius 1 is 0.844 bits per heavy atom. The first kappa shape index (κ1) is 23.5. The highest BCUT2D eigenvalue weighted by Gasteiger charge is 2.31. The molecule has 0 spiro atoms. The quantitative estimate of drug-likeness (QED) is 0.423. The summed E-state index contributed by atoms with van der Waals surface area (Å²) >= 11 is 0. The predicted molar refractivity (Wildman–Crippen MR) is 132 cm³/mol. The van der Waals surface area contributed by atoms with Crippen LogP contribution in [0.3, 0.4) is 0 Å². The Kier molecular flexibility index (Phi) is 8.05. The van der Waals surface area contributed by atoms with Gasteiger partial charge in [-0.25, -0.2) is 4.39 Å². The molecule has 2 fully saturated rings. The summed E-state index contributed by atoms with van der Waals surface area (Å²) < 4.78 is 21.4. The molecular formula is C30H41FO. The summed E-state index contributed by atoms with van der Waals surface area (Å²) in [6.07, 6.45) is 12.8. The van der Waals surface area contributed by atoms with E-state index in [4.69, 9.17) is 4.74 Å². The first-order chi connectivity index (χ1) is 15.5. The summed E-state index contributed by atoms with van der Waals surface area (Å²) in [5.41, 5.74) is 4.90. The maximum Gasteiger partial charge on any atom is 0.129 e. The topological polar surface area (TPSA) is 9.23 Å². The van der Waals surface area contributed by atoms with Gasteiger partial charge in [0, 0.05) is 0 Å². The molecule has 1 saturated carbocycles. The van der Waals surface area contributed by atoms with E-state index in [0.29, 0.717) is 6.10 Å². The van der Waals surface area contributed by atoms with Crippen molar-refractivity contribution in [2.24, 2.45) is 17.8 Å². The minimum Gasteiger partial charge on any atom is -0.378 e. The lowest BCUT2D eigenvalue weighted by Crippen LogP contribution is -2.32. The maximum absolute atomic E-state index is 15.1. The van der Waals surface area contributed by atoms with E-state index in [1.165, 1.54) is 50.5 Å². The van der Waals surface area contributed by atoms with Crippen LogP contribution in [0.5, 0.6) is 0 Å². The summed E-state index contributed by atoms with van der Waals surface area (Å²) in [4.78, 5) is 0. The van der Waals surface area contributed by atoms with Crippen molar-refractivity contribution in [3.8, 4) is 11.1 Å². The highest BCUT2D eigenvalue weighted by Crippen LogP contribution is 2.39. The van der Waals surface area contributed by atoms with Gasteiger partial charge in [0.25, 0.3) is 0 Å². The molecule has 2 aliphatic rings. The minimum atomic E-state index is -0.0411. The first-order valence-corrected chi connectivity index (χ1v) is 13.0. The average Bonchev–Trinajstić information content (AvgIpc) is 2.82. The van der Waals surface area contributed by atoms with Crippen molar-refractivity contribution in [2.45, 2.75) is 91.1 Å². The molecule has 2 heteroatoms. The second-order valence-electron chi connectivity index (χ2n) is 10.5. The van der Waals surface area contributed by atoms with Crippen molar-refractivity contribution in [3.63, 3.8) is 0 Å². The molecule has 4 rings (SSSR count). The zero-order valence-electron chi connectivity index (χ0n) is 20.3. The van der Waals surface area contributed by atoms with Crippen LogP contribution in [-0.4, -0.2) is 12.7 Å². The molecule has 1 nitrogen and oxygen atoms in total.